The predicted molar refractivity (Wildman–Crippen MR) is 84.2 cm³/mol. The fourth-order valence-electron chi connectivity index (χ4n) is 2.23. The van der Waals surface area contributed by atoms with Gasteiger partial charge in [0.15, 0.2) is 0 Å². The number of amides is 1. The molecule has 2 aromatic carbocycles. The second kappa shape index (κ2) is 7.48. The van der Waals surface area contributed by atoms with Crippen LogP contribution < -0.4 is 4.74 Å². The molecular weight excluding hydrogens is 262 g/mol. The summed E-state index contributed by atoms with van der Waals surface area (Å²) in [5.74, 6) is 0.696. The van der Waals surface area contributed by atoms with E-state index in [1.54, 1.807) is 4.90 Å². The fraction of sp³-hybridized carbons (Fsp3) is 0.278. The van der Waals surface area contributed by atoms with E-state index < -0.39 is 6.10 Å². The standard InChI is InChI=1S/C18H21NO2/c1-3-19(4-2)18(20)17(15-11-7-5-8-12-15)21-16-13-9-6-10-14-16/h5-14,17H,3-4H2,1-2H3/t17-/m1/s1. The number of rotatable bonds is 6. The fourth-order valence-corrected chi connectivity index (χ4v) is 2.23. The maximum atomic E-state index is 12.7. The van der Waals surface area contributed by atoms with Crippen molar-refractivity contribution in [2.24, 2.45) is 0 Å². The minimum Gasteiger partial charge on any atom is -0.476 e. The molecule has 2 aromatic rings. The van der Waals surface area contributed by atoms with Gasteiger partial charge in [0, 0.05) is 18.7 Å². The molecule has 0 fully saturated rings. The first kappa shape index (κ1) is 15.1. The molecule has 2 rings (SSSR count). The van der Waals surface area contributed by atoms with Gasteiger partial charge >= 0.3 is 0 Å². The summed E-state index contributed by atoms with van der Waals surface area (Å²) in [5, 5.41) is 0. The van der Waals surface area contributed by atoms with Crippen LogP contribution in [0, 0.1) is 0 Å². The number of hydrogen-bond acceptors (Lipinski definition) is 2. The zero-order chi connectivity index (χ0) is 15.1. The molecule has 21 heavy (non-hydrogen) atoms. The van der Waals surface area contributed by atoms with Gasteiger partial charge in [-0.3, -0.25) is 4.79 Å². The zero-order valence-corrected chi connectivity index (χ0v) is 12.5. The Bertz CT molecular complexity index is 550. The highest BCUT2D eigenvalue weighted by molar-refractivity contribution is 5.82. The normalized spacial score (nSPS) is 11.7. The van der Waals surface area contributed by atoms with Gasteiger partial charge < -0.3 is 9.64 Å². The Hall–Kier alpha value is -2.29. The van der Waals surface area contributed by atoms with Crippen LogP contribution in [0.3, 0.4) is 0 Å². The van der Waals surface area contributed by atoms with E-state index in [9.17, 15) is 4.79 Å². The second-order valence-electron chi connectivity index (χ2n) is 4.73. The number of benzene rings is 2. The van der Waals surface area contributed by atoms with E-state index in [-0.39, 0.29) is 5.91 Å². The summed E-state index contributed by atoms with van der Waals surface area (Å²) in [6, 6.07) is 19.1. The van der Waals surface area contributed by atoms with Crippen molar-refractivity contribution in [3.8, 4) is 5.75 Å². The summed E-state index contributed by atoms with van der Waals surface area (Å²) in [6.45, 7) is 5.31. The van der Waals surface area contributed by atoms with Crippen LogP contribution in [0.15, 0.2) is 60.7 Å². The Kier molecular flexibility index (Phi) is 5.38. The second-order valence-corrected chi connectivity index (χ2v) is 4.73. The van der Waals surface area contributed by atoms with Gasteiger partial charge in [0.05, 0.1) is 0 Å². The number of hydrogen-bond donors (Lipinski definition) is 0. The van der Waals surface area contributed by atoms with E-state index in [2.05, 4.69) is 0 Å². The van der Waals surface area contributed by atoms with Crippen LogP contribution in [0.25, 0.3) is 0 Å². The SMILES string of the molecule is CCN(CC)C(=O)[C@H](Oc1ccccc1)c1ccccc1. The topological polar surface area (TPSA) is 29.5 Å². The van der Waals surface area contributed by atoms with Crippen molar-refractivity contribution >= 4 is 5.91 Å². The molecule has 0 heterocycles. The number of ether oxygens (including phenoxy) is 1. The quantitative estimate of drug-likeness (QED) is 0.809. The minimum atomic E-state index is -0.603. The van der Waals surface area contributed by atoms with Crippen molar-refractivity contribution in [2.75, 3.05) is 13.1 Å². The van der Waals surface area contributed by atoms with Gasteiger partial charge in [-0.05, 0) is 26.0 Å². The molecule has 110 valence electrons. The third-order valence-electron chi connectivity index (χ3n) is 3.40. The highest BCUT2D eigenvalue weighted by Crippen LogP contribution is 2.23. The van der Waals surface area contributed by atoms with Crippen LogP contribution in [0.4, 0.5) is 0 Å². The van der Waals surface area contributed by atoms with Crippen molar-refractivity contribution in [3.05, 3.63) is 66.2 Å². The summed E-state index contributed by atoms with van der Waals surface area (Å²) in [5.41, 5.74) is 0.873. The molecule has 0 unspecified atom stereocenters. The largest absolute Gasteiger partial charge is 0.476 e. The average molecular weight is 283 g/mol. The molecule has 0 saturated carbocycles. The molecule has 0 radical (unpaired) electrons. The molecule has 0 spiro atoms. The van der Waals surface area contributed by atoms with Gasteiger partial charge in [-0.1, -0.05) is 48.5 Å². The summed E-state index contributed by atoms with van der Waals surface area (Å²) in [4.78, 5) is 14.5. The Balaban J connectivity index is 2.29. The first-order valence-corrected chi connectivity index (χ1v) is 7.31. The first-order valence-electron chi connectivity index (χ1n) is 7.31. The lowest BCUT2D eigenvalue weighted by Crippen LogP contribution is -2.37. The van der Waals surface area contributed by atoms with Crippen molar-refractivity contribution in [3.63, 3.8) is 0 Å². The lowest BCUT2D eigenvalue weighted by Gasteiger charge is -2.26. The lowest BCUT2D eigenvalue weighted by molar-refractivity contribution is -0.138. The maximum absolute atomic E-state index is 12.7. The number of likely N-dealkylation sites (N-methyl/N-ethyl adjacent to an activating group) is 1. The molecule has 1 atom stereocenters. The van der Waals surface area contributed by atoms with E-state index in [1.807, 2.05) is 74.5 Å². The highest BCUT2D eigenvalue weighted by atomic mass is 16.5. The van der Waals surface area contributed by atoms with Crippen LogP contribution in [-0.4, -0.2) is 23.9 Å². The van der Waals surface area contributed by atoms with Crippen molar-refractivity contribution < 1.29 is 9.53 Å². The van der Waals surface area contributed by atoms with Crippen molar-refractivity contribution in [2.45, 2.75) is 20.0 Å². The van der Waals surface area contributed by atoms with E-state index >= 15 is 0 Å². The molecule has 0 aromatic heterocycles. The van der Waals surface area contributed by atoms with Gasteiger partial charge in [-0.15, -0.1) is 0 Å². The molecule has 0 N–H and O–H groups in total. The number of carbonyl (C=O) groups excluding carboxylic acids is 1. The molecule has 0 bridgehead atoms. The molecule has 1 amide bonds. The van der Waals surface area contributed by atoms with Crippen LogP contribution in [0.5, 0.6) is 5.75 Å². The van der Waals surface area contributed by atoms with Gasteiger partial charge in [-0.25, -0.2) is 0 Å². The zero-order valence-electron chi connectivity index (χ0n) is 12.5. The van der Waals surface area contributed by atoms with E-state index in [0.29, 0.717) is 18.8 Å². The molecule has 3 heteroatoms. The predicted octanol–water partition coefficient (Wildman–Crippen LogP) is 3.68. The minimum absolute atomic E-state index is 0.00458. The first-order chi connectivity index (χ1) is 10.3. The van der Waals surface area contributed by atoms with E-state index in [0.717, 1.165) is 5.56 Å². The molecule has 3 nitrogen and oxygen atoms in total. The Labute approximate surface area is 126 Å². The number of carbonyl (C=O) groups is 1. The van der Waals surface area contributed by atoms with Crippen LogP contribution in [0.2, 0.25) is 0 Å². The Morgan fingerprint density at radius 3 is 2.00 bits per heavy atom. The number of para-hydroxylation sites is 1. The van der Waals surface area contributed by atoms with Crippen LogP contribution in [-0.2, 0) is 4.79 Å². The van der Waals surface area contributed by atoms with Gasteiger partial charge in [0.25, 0.3) is 5.91 Å². The van der Waals surface area contributed by atoms with Crippen LogP contribution in [0.1, 0.15) is 25.5 Å². The summed E-state index contributed by atoms with van der Waals surface area (Å²) in [6.07, 6.45) is -0.603. The Morgan fingerprint density at radius 2 is 1.48 bits per heavy atom. The smallest absolute Gasteiger partial charge is 0.268 e. The summed E-state index contributed by atoms with van der Waals surface area (Å²) >= 11 is 0. The maximum Gasteiger partial charge on any atom is 0.268 e. The molecule has 0 saturated heterocycles. The Morgan fingerprint density at radius 1 is 0.952 bits per heavy atom. The molecule has 0 aliphatic carbocycles. The summed E-state index contributed by atoms with van der Waals surface area (Å²) < 4.78 is 5.96. The van der Waals surface area contributed by atoms with Crippen molar-refractivity contribution in [1.29, 1.82) is 0 Å². The monoisotopic (exact) mass is 283 g/mol. The molecular formula is C18H21NO2. The van der Waals surface area contributed by atoms with Gasteiger partial charge in [-0.2, -0.15) is 0 Å². The molecule has 0 aliphatic rings. The number of nitrogens with zero attached hydrogens (tertiary/aromatic N) is 1. The third kappa shape index (κ3) is 3.85. The van der Waals surface area contributed by atoms with Gasteiger partial charge in [0.1, 0.15) is 5.75 Å². The van der Waals surface area contributed by atoms with Crippen molar-refractivity contribution in [1.82, 2.24) is 4.90 Å². The van der Waals surface area contributed by atoms with E-state index in [1.165, 1.54) is 0 Å². The molecule has 0 aliphatic heterocycles. The third-order valence-corrected chi connectivity index (χ3v) is 3.40. The summed E-state index contributed by atoms with van der Waals surface area (Å²) in [7, 11) is 0. The van der Waals surface area contributed by atoms with Crippen LogP contribution >= 0.6 is 0 Å². The van der Waals surface area contributed by atoms with E-state index in [4.69, 9.17) is 4.74 Å². The lowest BCUT2D eigenvalue weighted by atomic mass is 10.1. The highest BCUT2D eigenvalue weighted by Gasteiger charge is 2.26. The van der Waals surface area contributed by atoms with Gasteiger partial charge in [0.2, 0.25) is 6.10 Å². The average Bonchev–Trinajstić information content (AvgIpc) is 2.55.